The molecule has 1 aromatic heterocycles. The SMILES string of the molecule is Cc1cnc(Cl)c(C(N)C(F)(F)F)c1. The fraction of sp³-hybridized carbons (Fsp3) is 0.375. The molecule has 0 saturated carbocycles. The molecule has 1 aromatic rings. The van der Waals surface area contributed by atoms with Crippen molar-refractivity contribution >= 4 is 11.6 Å². The van der Waals surface area contributed by atoms with Gasteiger partial charge in [0.2, 0.25) is 0 Å². The summed E-state index contributed by atoms with van der Waals surface area (Å²) in [5, 5.41) is -0.208. The number of nitrogens with zero attached hydrogens (tertiary/aromatic N) is 1. The summed E-state index contributed by atoms with van der Waals surface area (Å²) in [6.45, 7) is 1.62. The number of hydrogen-bond acceptors (Lipinski definition) is 2. The molecule has 0 aliphatic carbocycles. The standard InChI is InChI=1S/C8H8ClF3N2/c1-4-2-5(7(9)14-3-4)6(13)8(10,11)12/h2-3,6H,13H2,1H3. The van der Waals surface area contributed by atoms with Crippen molar-refractivity contribution in [1.29, 1.82) is 0 Å². The van der Waals surface area contributed by atoms with Crippen LogP contribution in [0.2, 0.25) is 5.15 Å². The van der Waals surface area contributed by atoms with Crippen LogP contribution in [-0.2, 0) is 0 Å². The maximum atomic E-state index is 12.2. The molecule has 0 saturated heterocycles. The van der Waals surface area contributed by atoms with Crippen LogP contribution in [0.4, 0.5) is 13.2 Å². The molecule has 1 unspecified atom stereocenters. The molecule has 0 aromatic carbocycles. The highest BCUT2D eigenvalue weighted by molar-refractivity contribution is 6.30. The summed E-state index contributed by atoms with van der Waals surface area (Å²) >= 11 is 5.51. The van der Waals surface area contributed by atoms with Crippen molar-refractivity contribution < 1.29 is 13.2 Å². The van der Waals surface area contributed by atoms with Crippen LogP contribution in [0.5, 0.6) is 0 Å². The van der Waals surface area contributed by atoms with E-state index in [1.165, 1.54) is 12.3 Å². The van der Waals surface area contributed by atoms with Gasteiger partial charge in [0.1, 0.15) is 11.2 Å². The maximum Gasteiger partial charge on any atom is 0.407 e. The van der Waals surface area contributed by atoms with Gasteiger partial charge in [-0.1, -0.05) is 11.6 Å². The average molecular weight is 225 g/mol. The van der Waals surface area contributed by atoms with Gasteiger partial charge in [0.15, 0.2) is 0 Å². The van der Waals surface area contributed by atoms with E-state index >= 15 is 0 Å². The molecular weight excluding hydrogens is 217 g/mol. The molecular formula is C8H8ClF3N2. The zero-order valence-corrected chi connectivity index (χ0v) is 8.02. The number of halogens is 4. The zero-order chi connectivity index (χ0) is 10.9. The Labute approximate surface area is 83.9 Å². The van der Waals surface area contributed by atoms with Crippen LogP contribution in [0.1, 0.15) is 17.2 Å². The third-order valence-electron chi connectivity index (χ3n) is 1.69. The first-order valence-electron chi connectivity index (χ1n) is 3.76. The first-order valence-corrected chi connectivity index (χ1v) is 4.14. The lowest BCUT2D eigenvalue weighted by atomic mass is 10.1. The molecule has 1 heterocycles. The van der Waals surface area contributed by atoms with Crippen LogP contribution in [0.15, 0.2) is 12.3 Å². The van der Waals surface area contributed by atoms with Crippen LogP contribution >= 0.6 is 11.6 Å². The van der Waals surface area contributed by atoms with E-state index in [1.807, 2.05) is 0 Å². The molecule has 1 rings (SSSR count). The van der Waals surface area contributed by atoms with Crippen molar-refractivity contribution in [2.24, 2.45) is 5.73 Å². The van der Waals surface area contributed by atoms with Crippen molar-refractivity contribution in [1.82, 2.24) is 4.98 Å². The van der Waals surface area contributed by atoms with E-state index in [0.29, 0.717) is 5.56 Å². The number of nitrogens with two attached hydrogens (primary N) is 1. The Morgan fingerprint density at radius 2 is 2.07 bits per heavy atom. The Morgan fingerprint density at radius 3 is 2.57 bits per heavy atom. The Hall–Kier alpha value is -0.810. The smallest absolute Gasteiger partial charge is 0.316 e. The Morgan fingerprint density at radius 1 is 1.50 bits per heavy atom. The van der Waals surface area contributed by atoms with E-state index < -0.39 is 12.2 Å². The van der Waals surface area contributed by atoms with E-state index in [2.05, 4.69) is 4.98 Å². The minimum atomic E-state index is -4.50. The second-order valence-electron chi connectivity index (χ2n) is 2.91. The minimum absolute atomic E-state index is 0.195. The largest absolute Gasteiger partial charge is 0.407 e. The molecule has 0 bridgehead atoms. The lowest BCUT2D eigenvalue weighted by molar-refractivity contribution is -0.149. The van der Waals surface area contributed by atoms with E-state index in [-0.39, 0.29) is 10.7 Å². The summed E-state index contributed by atoms with van der Waals surface area (Å²) in [7, 11) is 0. The third-order valence-corrected chi connectivity index (χ3v) is 2.01. The summed E-state index contributed by atoms with van der Waals surface area (Å²) in [6.07, 6.45) is -3.12. The second-order valence-corrected chi connectivity index (χ2v) is 3.27. The zero-order valence-electron chi connectivity index (χ0n) is 7.27. The second kappa shape index (κ2) is 3.74. The molecule has 0 aliphatic rings. The summed E-state index contributed by atoms with van der Waals surface area (Å²) < 4.78 is 36.7. The number of rotatable bonds is 1. The van der Waals surface area contributed by atoms with Crippen molar-refractivity contribution in [2.75, 3.05) is 0 Å². The van der Waals surface area contributed by atoms with E-state index in [9.17, 15) is 13.2 Å². The normalized spacial score (nSPS) is 14.1. The molecule has 0 fully saturated rings. The number of alkyl halides is 3. The van der Waals surface area contributed by atoms with E-state index in [4.69, 9.17) is 17.3 Å². The van der Waals surface area contributed by atoms with E-state index in [0.717, 1.165) is 0 Å². The van der Waals surface area contributed by atoms with Crippen LogP contribution in [-0.4, -0.2) is 11.2 Å². The third kappa shape index (κ3) is 2.36. The van der Waals surface area contributed by atoms with Gasteiger partial charge < -0.3 is 5.73 Å². The van der Waals surface area contributed by atoms with Crippen LogP contribution < -0.4 is 5.73 Å². The molecule has 6 heteroatoms. The highest BCUT2D eigenvalue weighted by Crippen LogP contribution is 2.33. The molecule has 0 radical (unpaired) electrons. The number of hydrogen-bond donors (Lipinski definition) is 1. The minimum Gasteiger partial charge on any atom is -0.316 e. The van der Waals surface area contributed by atoms with Crippen molar-refractivity contribution in [3.05, 3.63) is 28.5 Å². The Bertz CT molecular complexity index is 338. The van der Waals surface area contributed by atoms with Gasteiger partial charge in [-0.15, -0.1) is 0 Å². The molecule has 0 spiro atoms. The summed E-state index contributed by atoms with van der Waals surface area (Å²) in [4.78, 5) is 3.60. The van der Waals surface area contributed by atoms with Crippen molar-refractivity contribution in [2.45, 2.75) is 19.1 Å². The number of aryl methyl sites for hydroxylation is 1. The topological polar surface area (TPSA) is 38.9 Å². The predicted octanol–water partition coefficient (Wildman–Crippen LogP) is 2.61. The molecule has 78 valence electrons. The number of pyridine rings is 1. The van der Waals surface area contributed by atoms with Gasteiger partial charge in [0.25, 0.3) is 0 Å². The van der Waals surface area contributed by atoms with Crippen molar-refractivity contribution in [3.8, 4) is 0 Å². The number of aromatic nitrogens is 1. The lowest BCUT2D eigenvalue weighted by Crippen LogP contribution is -2.28. The quantitative estimate of drug-likeness (QED) is 0.745. The van der Waals surface area contributed by atoms with Gasteiger partial charge in [-0.3, -0.25) is 0 Å². The molecule has 14 heavy (non-hydrogen) atoms. The van der Waals surface area contributed by atoms with Crippen molar-refractivity contribution in [3.63, 3.8) is 0 Å². The molecule has 1 atom stereocenters. The Kier molecular flexibility index (Phi) is 3.01. The highest BCUT2D eigenvalue weighted by atomic mass is 35.5. The molecule has 0 aliphatic heterocycles. The fourth-order valence-electron chi connectivity index (χ4n) is 0.970. The van der Waals surface area contributed by atoms with Crippen LogP contribution in [0, 0.1) is 6.92 Å². The lowest BCUT2D eigenvalue weighted by Gasteiger charge is -2.16. The molecule has 2 N–H and O–H groups in total. The van der Waals surface area contributed by atoms with Gasteiger partial charge in [-0.2, -0.15) is 13.2 Å². The van der Waals surface area contributed by atoms with Gasteiger partial charge in [-0.25, -0.2) is 4.98 Å². The molecule has 2 nitrogen and oxygen atoms in total. The average Bonchev–Trinajstić information content (AvgIpc) is 2.06. The van der Waals surface area contributed by atoms with Gasteiger partial charge >= 0.3 is 6.18 Å². The maximum absolute atomic E-state index is 12.2. The van der Waals surface area contributed by atoms with Gasteiger partial charge in [-0.05, 0) is 18.6 Å². The summed E-state index contributed by atoms with van der Waals surface area (Å²) in [5.41, 5.74) is 5.38. The predicted molar refractivity (Wildman–Crippen MR) is 47.0 cm³/mol. The first kappa shape index (κ1) is 11.3. The van der Waals surface area contributed by atoms with Gasteiger partial charge in [0.05, 0.1) is 0 Å². The van der Waals surface area contributed by atoms with E-state index in [1.54, 1.807) is 6.92 Å². The summed E-state index contributed by atoms with van der Waals surface area (Å²) in [5.74, 6) is 0. The highest BCUT2D eigenvalue weighted by Gasteiger charge is 2.39. The fourth-order valence-corrected chi connectivity index (χ4v) is 1.19. The first-order chi connectivity index (χ1) is 6.32. The van der Waals surface area contributed by atoms with Crippen LogP contribution in [0.3, 0.4) is 0 Å². The summed E-state index contributed by atoms with van der Waals surface area (Å²) in [6, 6.07) is -0.796. The van der Waals surface area contributed by atoms with Gasteiger partial charge in [0, 0.05) is 11.8 Å². The Balaban J connectivity index is 3.12. The van der Waals surface area contributed by atoms with Crippen LogP contribution in [0.25, 0.3) is 0 Å². The molecule has 0 amide bonds. The monoisotopic (exact) mass is 224 g/mol.